The predicted octanol–water partition coefficient (Wildman–Crippen LogP) is 1.80. The minimum atomic E-state index is -1.98. The van der Waals surface area contributed by atoms with Crippen LogP contribution in [-0.2, 0) is 14.3 Å². The maximum absolute atomic E-state index is 13.8. The maximum Gasteiger partial charge on any atom is 0.342 e. The summed E-state index contributed by atoms with van der Waals surface area (Å²) in [5.74, 6) is -1.57. The van der Waals surface area contributed by atoms with Crippen molar-refractivity contribution in [1.29, 1.82) is 0 Å². The largest absolute Gasteiger partial charge is 0.465 e. The van der Waals surface area contributed by atoms with E-state index < -0.39 is 24.2 Å². The van der Waals surface area contributed by atoms with E-state index in [-0.39, 0.29) is 24.6 Å². The summed E-state index contributed by atoms with van der Waals surface area (Å²) < 4.78 is 22.9. The highest BCUT2D eigenvalue weighted by Crippen LogP contribution is 2.19. The first-order valence-corrected chi connectivity index (χ1v) is 5.75. The van der Waals surface area contributed by atoms with Gasteiger partial charge in [-0.3, -0.25) is 0 Å². The summed E-state index contributed by atoms with van der Waals surface area (Å²) in [5.41, 5.74) is 6.22. The topological polar surface area (TPSA) is 78.6 Å². The summed E-state index contributed by atoms with van der Waals surface area (Å²) in [6, 6.07) is 4.79. The van der Waals surface area contributed by atoms with Gasteiger partial charge >= 0.3 is 11.9 Å². The molecule has 0 bridgehead atoms. The molecule has 0 heterocycles. The van der Waals surface area contributed by atoms with Crippen LogP contribution in [0.15, 0.2) is 24.3 Å². The van der Waals surface area contributed by atoms with Crippen molar-refractivity contribution in [2.24, 2.45) is 5.73 Å². The number of hydrogen-bond donors (Lipinski definition) is 1. The Hall–Kier alpha value is -1.66. The fourth-order valence-electron chi connectivity index (χ4n) is 1.53. The van der Waals surface area contributed by atoms with Gasteiger partial charge in [0.1, 0.15) is 0 Å². The van der Waals surface area contributed by atoms with E-state index in [0.29, 0.717) is 5.56 Å². The van der Waals surface area contributed by atoms with Crippen LogP contribution in [0.5, 0.6) is 0 Å². The molecule has 1 rings (SSSR count). The highest BCUT2D eigenvalue weighted by molar-refractivity contribution is 5.89. The summed E-state index contributed by atoms with van der Waals surface area (Å²) in [7, 11) is 1.24. The first-order valence-electron chi connectivity index (χ1n) is 5.75. The van der Waals surface area contributed by atoms with Crippen LogP contribution in [0, 0.1) is 0 Å². The third-order valence-electron chi connectivity index (χ3n) is 2.52. The molecule has 0 aromatic heterocycles. The zero-order valence-electron chi connectivity index (χ0n) is 11.2. The number of alkyl halides is 1. The Bertz CT molecular complexity index is 469. The number of nitrogens with two attached hydrogens (primary N) is 1. The van der Waals surface area contributed by atoms with Crippen molar-refractivity contribution >= 4 is 24.3 Å². The highest BCUT2D eigenvalue weighted by Gasteiger charge is 2.28. The van der Waals surface area contributed by atoms with Crippen LogP contribution in [-0.4, -0.2) is 31.8 Å². The van der Waals surface area contributed by atoms with Gasteiger partial charge in [-0.05, 0) is 24.6 Å². The maximum atomic E-state index is 13.8. The van der Waals surface area contributed by atoms with Crippen LogP contribution in [0.4, 0.5) is 4.39 Å². The summed E-state index contributed by atoms with van der Waals surface area (Å²) in [6.07, 6.45) is -1.98. The first kappa shape index (κ1) is 18.3. The van der Waals surface area contributed by atoms with E-state index in [9.17, 15) is 14.0 Å². The molecule has 2 atom stereocenters. The normalized spacial score (nSPS) is 12.8. The van der Waals surface area contributed by atoms with E-state index in [1.807, 2.05) is 0 Å². The fraction of sp³-hybridized carbons (Fsp3) is 0.385. The van der Waals surface area contributed by atoms with Crippen molar-refractivity contribution in [3.8, 4) is 0 Å². The number of methoxy groups -OCH3 is 1. The molecule has 112 valence electrons. The molecule has 0 amide bonds. The van der Waals surface area contributed by atoms with Crippen LogP contribution in [0.1, 0.15) is 28.9 Å². The lowest BCUT2D eigenvalue weighted by Gasteiger charge is -2.16. The lowest BCUT2D eigenvalue weighted by molar-refractivity contribution is -0.149. The van der Waals surface area contributed by atoms with Gasteiger partial charge in [-0.15, -0.1) is 12.4 Å². The van der Waals surface area contributed by atoms with Gasteiger partial charge in [0, 0.05) is 0 Å². The molecule has 20 heavy (non-hydrogen) atoms. The van der Waals surface area contributed by atoms with E-state index in [1.165, 1.54) is 25.3 Å². The van der Waals surface area contributed by atoms with Gasteiger partial charge in [0.2, 0.25) is 6.17 Å². The number of carbonyl (C=O) groups excluding carboxylic acids is 2. The third-order valence-corrected chi connectivity index (χ3v) is 2.52. The second-order valence-corrected chi connectivity index (χ2v) is 3.80. The number of hydrogen-bond acceptors (Lipinski definition) is 5. The van der Waals surface area contributed by atoms with Crippen molar-refractivity contribution in [1.82, 2.24) is 0 Å². The van der Waals surface area contributed by atoms with Gasteiger partial charge in [0.25, 0.3) is 0 Å². The Morgan fingerprint density at radius 1 is 1.40 bits per heavy atom. The second kappa shape index (κ2) is 8.50. The van der Waals surface area contributed by atoms with Crippen molar-refractivity contribution in [2.75, 3.05) is 13.7 Å². The van der Waals surface area contributed by atoms with Crippen molar-refractivity contribution in [3.63, 3.8) is 0 Å². The van der Waals surface area contributed by atoms with Gasteiger partial charge < -0.3 is 15.2 Å². The molecular formula is C13H17ClFNO4. The predicted molar refractivity (Wildman–Crippen MR) is 73.5 cm³/mol. The molecule has 1 aromatic carbocycles. The number of rotatable bonds is 5. The molecule has 1 aromatic rings. The van der Waals surface area contributed by atoms with E-state index in [0.717, 1.165) is 0 Å². The van der Waals surface area contributed by atoms with Crippen molar-refractivity contribution in [2.45, 2.75) is 19.1 Å². The minimum absolute atomic E-state index is 0. The summed E-state index contributed by atoms with van der Waals surface area (Å²) in [6.45, 7) is 1.65. The molecule has 5 nitrogen and oxygen atoms in total. The standard InChI is InChI=1S/C13H16FNO4.ClH/c1-3-19-13(17)10(14)11(15)8-5-4-6-9(7-8)12(16)18-2;/h4-7,10-11H,3,15H2,1-2H3;1H/t10?,11-;/m0./s1. The second-order valence-electron chi connectivity index (χ2n) is 3.80. The summed E-state index contributed by atoms with van der Waals surface area (Å²) in [4.78, 5) is 22.6. The van der Waals surface area contributed by atoms with E-state index in [1.54, 1.807) is 13.0 Å². The van der Waals surface area contributed by atoms with Gasteiger partial charge in [0.15, 0.2) is 0 Å². The zero-order valence-corrected chi connectivity index (χ0v) is 12.0. The van der Waals surface area contributed by atoms with Gasteiger partial charge in [-0.2, -0.15) is 0 Å². The minimum Gasteiger partial charge on any atom is -0.465 e. The molecule has 0 saturated carbocycles. The van der Waals surface area contributed by atoms with Crippen LogP contribution < -0.4 is 5.73 Å². The number of benzene rings is 1. The van der Waals surface area contributed by atoms with Crippen molar-refractivity contribution in [3.05, 3.63) is 35.4 Å². The molecule has 7 heteroatoms. The molecule has 0 saturated heterocycles. The van der Waals surface area contributed by atoms with Crippen LogP contribution >= 0.6 is 12.4 Å². The summed E-state index contributed by atoms with van der Waals surface area (Å²) in [5, 5.41) is 0. The van der Waals surface area contributed by atoms with E-state index in [2.05, 4.69) is 9.47 Å². The summed E-state index contributed by atoms with van der Waals surface area (Å²) >= 11 is 0. The van der Waals surface area contributed by atoms with Crippen LogP contribution in [0.25, 0.3) is 0 Å². The molecule has 1 unspecified atom stereocenters. The Morgan fingerprint density at radius 2 is 2.05 bits per heavy atom. The number of esters is 2. The average molecular weight is 306 g/mol. The van der Waals surface area contributed by atoms with E-state index in [4.69, 9.17) is 5.73 Å². The Kier molecular flexibility index (Phi) is 7.79. The molecule has 2 N–H and O–H groups in total. The SMILES string of the molecule is CCOC(=O)C(F)[C@@H](N)c1cccc(C(=O)OC)c1.Cl. The number of carbonyl (C=O) groups is 2. The quantitative estimate of drug-likeness (QED) is 0.839. The highest BCUT2D eigenvalue weighted by atomic mass is 35.5. The molecular weight excluding hydrogens is 289 g/mol. The van der Waals surface area contributed by atoms with Crippen molar-refractivity contribution < 1.29 is 23.5 Å². The van der Waals surface area contributed by atoms with Gasteiger partial charge in [-0.1, -0.05) is 12.1 Å². The molecule has 0 fully saturated rings. The molecule has 0 aliphatic rings. The number of ether oxygens (including phenoxy) is 2. The zero-order chi connectivity index (χ0) is 14.4. The lowest BCUT2D eigenvalue weighted by Crippen LogP contribution is -2.31. The smallest absolute Gasteiger partial charge is 0.342 e. The lowest BCUT2D eigenvalue weighted by atomic mass is 10.0. The molecule has 0 aliphatic carbocycles. The Morgan fingerprint density at radius 3 is 2.60 bits per heavy atom. The monoisotopic (exact) mass is 305 g/mol. The molecule has 0 radical (unpaired) electrons. The van der Waals surface area contributed by atoms with Gasteiger partial charge in [0.05, 0.1) is 25.3 Å². The average Bonchev–Trinajstić information content (AvgIpc) is 2.45. The number of halogens is 2. The van der Waals surface area contributed by atoms with Crippen LogP contribution in [0.3, 0.4) is 0 Å². The molecule has 0 spiro atoms. The van der Waals surface area contributed by atoms with Crippen LogP contribution in [0.2, 0.25) is 0 Å². The first-order chi connectivity index (χ1) is 9.01. The Balaban J connectivity index is 0.00000361. The van der Waals surface area contributed by atoms with E-state index >= 15 is 0 Å². The Labute approximate surface area is 122 Å². The van der Waals surface area contributed by atoms with Gasteiger partial charge in [-0.25, -0.2) is 14.0 Å². The fourth-order valence-corrected chi connectivity index (χ4v) is 1.53. The third kappa shape index (κ3) is 4.47. The molecule has 0 aliphatic heterocycles.